The molecule has 0 unspecified atom stereocenters. The minimum absolute atomic E-state index is 0.0984. The first-order chi connectivity index (χ1) is 13.8. The van der Waals surface area contributed by atoms with E-state index in [-0.39, 0.29) is 11.4 Å². The Bertz CT molecular complexity index is 1080. The standard InChI is InChI=1S/C26H29NO2/c1-16-13-18(26(3,4)5)14-17(2)21(16)15-29-25(28)24-19-9-6-7-11-22(19)27-23-12-8-10-20(23)24/h6-7,9,11,13-14H,8,10,12,15H2,1-5H3. The number of ether oxygens (including phenoxy) is 1. The van der Waals surface area contributed by atoms with Crippen molar-refractivity contribution in [2.45, 2.75) is 65.9 Å². The van der Waals surface area contributed by atoms with Crippen molar-refractivity contribution >= 4 is 16.9 Å². The number of carbonyl (C=O) groups excluding carboxylic acids is 1. The van der Waals surface area contributed by atoms with Crippen LogP contribution < -0.4 is 0 Å². The second-order valence-electron chi connectivity index (χ2n) is 9.20. The van der Waals surface area contributed by atoms with Crippen LogP contribution in [0.3, 0.4) is 0 Å². The van der Waals surface area contributed by atoms with Gasteiger partial charge in [0.1, 0.15) is 6.61 Å². The van der Waals surface area contributed by atoms with E-state index in [1.54, 1.807) is 0 Å². The smallest absolute Gasteiger partial charge is 0.339 e. The molecule has 1 heterocycles. The lowest BCUT2D eigenvalue weighted by Gasteiger charge is -2.22. The number of benzene rings is 2. The van der Waals surface area contributed by atoms with Crippen molar-refractivity contribution in [3.05, 3.63) is 75.5 Å². The normalized spacial score (nSPS) is 13.6. The number of carbonyl (C=O) groups is 1. The van der Waals surface area contributed by atoms with E-state index in [1.807, 2.05) is 24.3 Å². The molecule has 1 aliphatic carbocycles. The predicted octanol–water partition coefficient (Wildman–Crippen LogP) is 5.99. The number of para-hydroxylation sites is 1. The Kier molecular flexibility index (Phi) is 4.94. The first-order valence-electron chi connectivity index (χ1n) is 10.4. The summed E-state index contributed by atoms with van der Waals surface area (Å²) in [6.45, 7) is 11.2. The molecule has 29 heavy (non-hydrogen) atoms. The predicted molar refractivity (Wildman–Crippen MR) is 118 cm³/mol. The van der Waals surface area contributed by atoms with Crippen LogP contribution in [0.2, 0.25) is 0 Å². The minimum atomic E-state index is -0.236. The molecule has 0 saturated carbocycles. The first-order valence-corrected chi connectivity index (χ1v) is 10.4. The molecule has 0 aliphatic heterocycles. The zero-order valence-electron chi connectivity index (χ0n) is 18.1. The molecule has 1 aliphatic rings. The molecule has 0 atom stereocenters. The highest BCUT2D eigenvalue weighted by molar-refractivity contribution is 6.05. The number of hydrogen-bond acceptors (Lipinski definition) is 3. The maximum atomic E-state index is 13.2. The molecule has 3 nitrogen and oxygen atoms in total. The zero-order valence-corrected chi connectivity index (χ0v) is 18.1. The van der Waals surface area contributed by atoms with E-state index in [2.05, 4.69) is 46.8 Å². The molecule has 3 heteroatoms. The van der Waals surface area contributed by atoms with E-state index >= 15 is 0 Å². The van der Waals surface area contributed by atoms with Crippen LogP contribution in [0.5, 0.6) is 0 Å². The highest BCUT2D eigenvalue weighted by Crippen LogP contribution is 2.31. The van der Waals surface area contributed by atoms with Gasteiger partial charge in [-0.2, -0.15) is 0 Å². The number of esters is 1. The Balaban J connectivity index is 1.65. The van der Waals surface area contributed by atoms with Crippen molar-refractivity contribution in [2.24, 2.45) is 0 Å². The van der Waals surface area contributed by atoms with Crippen LogP contribution in [-0.2, 0) is 29.6 Å². The fourth-order valence-corrected chi connectivity index (χ4v) is 4.31. The lowest BCUT2D eigenvalue weighted by atomic mass is 9.84. The third-order valence-electron chi connectivity index (χ3n) is 6.03. The van der Waals surface area contributed by atoms with E-state index in [1.165, 1.54) is 16.7 Å². The number of fused-ring (bicyclic) bond motifs is 2. The number of nitrogens with zero attached hydrogens (tertiary/aromatic N) is 1. The molecule has 4 rings (SSSR count). The first kappa shape index (κ1) is 19.6. The van der Waals surface area contributed by atoms with E-state index in [0.717, 1.165) is 47.0 Å². The largest absolute Gasteiger partial charge is 0.457 e. The minimum Gasteiger partial charge on any atom is -0.457 e. The third-order valence-corrected chi connectivity index (χ3v) is 6.03. The van der Waals surface area contributed by atoms with Crippen LogP contribution in [0.25, 0.3) is 10.9 Å². The quantitative estimate of drug-likeness (QED) is 0.518. The molecule has 0 spiro atoms. The van der Waals surface area contributed by atoms with Crippen molar-refractivity contribution in [2.75, 3.05) is 0 Å². The fraction of sp³-hybridized carbons (Fsp3) is 0.385. The third kappa shape index (κ3) is 3.66. The van der Waals surface area contributed by atoms with Crippen molar-refractivity contribution in [3.8, 4) is 0 Å². The molecule has 0 saturated heterocycles. The summed E-state index contributed by atoms with van der Waals surface area (Å²) in [4.78, 5) is 18.0. The molecule has 150 valence electrons. The van der Waals surface area contributed by atoms with Crippen molar-refractivity contribution < 1.29 is 9.53 Å². The summed E-state index contributed by atoms with van der Waals surface area (Å²) in [6.07, 6.45) is 2.88. The summed E-state index contributed by atoms with van der Waals surface area (Å²) in [7, 11) is 0. The van der Waals surface area contributed by atoms with Gasteiger partial charge in [-0.1, -0.05) is 51.1 Å². The highest BCUT2D eigenvalue weighted by atomic mass is 16.5. The van der Waals surface area contributed by atoms with Crippen LogP contribution in [-0.4, -0.2) is 11.0 Å². The monoisotopic (exact) mass is 387 g/mol. The molecular weight excluding hydrogens is 358 g/mol. The molecule has 0 N–H and O–H groups in total. The fourth-order valence-electron chi connectivity index (χ4n) is 4.31. The van der Waals surface area contributed by atoms with Gasteiger partial charge >= 0.3 is 5.97 Å². The number of rotatable bonds is 3. The SMILES string of the molecule is Cc1cc(C(C)(C)C)cc(C)c1COC(=O)c1c2c(nc3ccccc13)CCC2. The Morgan fingerprint density at radius 2 is 1.76 bits per heavy atom. The van der Waals surface area contributed by atoms with Gasteiger partial charge in [0.05, 0.1) is 11.1 Å². The Labute approximate surface area is 173 Å². The average Bonchev–Trinajstić information content (AvgIpc) is 3.12. The summed E-state index contributed by atoms with van der Waals surface area (Å²) in [5.41, 5.74) is 8.57. The van der Waals surface area contributed by atoms with Crippen LogP contribution >= 0.6 is 0 Å². The van der Waals surface area contributed by atoms with Crippen molar-refractivity contribution in [1.29, 1.82) is 0 Å². The topological polar surface area (TPSA) is 39.2 Å². The highest BCUT2D eigenvalue weighted by Gasteiger charge is 2.25. The molecule has 3 aromatic rings. The Morgan fingerprint density at radius 3 is 2.45 bits per heavy atom. The average molecular weight is 388 g/mol. The van der Waals surface area contributed by atoms with E-state index < -0.39 is 0 Å². The van der Waals surface area contributed by atoms with Gasteiger partial charge in [-0.15, -0.1) is 0 Å². The Hall–Kier alpha value is -2.68. The lowest BCUT2D eigenvalue weighted by Crippen LogP contribution is -2.14. The molecule has 2 aromatic carbocycles. The van der Waals surface area contributed by atoms with E-state index in [0.29, 0.717) is 12.2 Å². The van der Waals surface area contributed by atoms with Crippen LogP contribution in [0.4, 0.5) is 0 Å². The molecule has 1 aromatic heterocycles. The summed E-state index contributed by atoms with van der Waals surface area (Å²) in [5.74, 6) is -0.236. The number of aromatic nitrogens is 1. The van der Waals surface area contributed by atoms with Gasteiger partial charge in [0.15, 0.2) is 0 Å². The summed E-state index contributed by atoms with van der Waals surface area (Å²) < 4.78 is 5.87. The van der Waals surface area contributed by atoms with Crippen LogP contribution in [0.15, 0.2) is 36.4 Å². The van der Waals surface area contributed by atoms with Gasteiger partial charge < -0.3 is 4.74 Å². The van der Waals surface area contributed by atoms with Gasteiger partial charge in [-0.3, -0.25) is 4.98 Å². The number of aryl methyl sites for hydroxylation is 3. The van der Waals surface area contributed by atoms with Gasteiger partial charge in [-0.25, -0.2) is 4.79 Å². The maximum Gasteiger partial charge on any atom is 0.339 e. The van der Waals surface area contributed by atoms with Gasteiger partial charge in [0.25, 0.3) is 0 Å². The van der Waals surface area contributed by atoms with Gasteiger partial charge in [-0.05, 0) is 72.4 Å². The van der Waals surface area contributed by atoms with Gasteiger partial charge in [0.2, 0.25) is 0 Å². The summed E-state index contributed by atoms with van der Waals surface area (Å²) >= 11 is 0. The summed E-state index contributed by atoms with van der Waals surface area (Å²) in [5, 5.41) is 0.898. The molecule has 0 amide bonds. The lowest BCUT2D eigenvalue weighted by molar-refractivity contribution is 0.0472. The zero-order chi connectivity index (χ0) is 20.8. The van der Waals surface area contributed by atoms with Crippen LogP contribution in [0, 0.1) is 13.8 Å². The molecular formula is C26H29NO2. The molecule has 0 bridgehead atoms. The molecule has 0 radical (unpaired) electrons. The maximum absolute atomic E-state index is 13.2. The van der Waals surface area contributed by atoms with E-state index in [4.69, 9.17) is 9.72 Å². The van der Waals surface area contributed by atoms with Crippen molar-refractivity contribution in [1.82, 2.24) is 4.98 Å². The van der Waals surface area contributed by atoms with Crippen LogP contribution in [0.1, 0.15) is 71.1 Å². The molecule has 0 fully saturated rings. The Morgan fingerprint density at radius 1 is 1.07 bits per heavy atom. The van der Waals surface area contributed by atoms with Crippen molar-refractivity contribution in [3.63, 3.8) is 0 Å². The number of hydrogen-bond donors (Lipinski definition) is 0. The second-order valence-corrected chi connectivity index (χ2v) is 9.20. The van der Waals surface area contributed by atoms with E-state index in [9.17, 15) is 4.79 Å². The summed E-state index contributed by atoms with van der Waals surface area (Å²) in [6, 6.07) is 12.3. The number of pyridine rings is 1. The second kappa shape index (κ2) is 7.29. The van der Waals surface area contributed by atoms with Gasteiger partial charge in [0, 0.05) is 11.1 Å².